The van der Waals surface area contributed by atoms with Gasteiger partial charge in [-0.15, -0.1) is 0 Å². The third-order valence-corrected chi connectivity index (χ3v) is 11.0. The van der Waals surface area contributed by atoms with Crippen molar-refractivity contribution in [1.82, 2.24) is 0 Å². The molecule has 0 heterocycles. The van der Waals surface area contributed by atoms with Gasteiger partial charge in [-0.2, -0.15) is 0 Å². The summed E-state index contributed by atoms with van der Waals surface area (Å²) in [6.45, 7) is 12.3. The molecule has 29 heavy (non-hydrogen) atoms. The van der Waals surface area contributed by atoms with Crippen LogP contribution >= 0.6 is 0 Å². The van der Waals surface area contributed by atoms with Gasteiger partial charge in [0.2, 0.25) is 0 Å². The molecule has 4 rings (SSSR count). The Hall–Kier alpha value is -0.0800. The summed E-state index contributed by atoms with van der Waals surface area (Å²) >= 11 is 0. The molecule has 0 radical (unpaired) electrons. The van der Waals surface area contributed by atoms with Crippen molar-refractivity contribution in [3.8, 4) is 0 Å². The molecule has 2 N–H and O–H groups in total. The lowest BCUT2D eigenvalue weighted by atomic mass is 9.43. The average Bonchev–Trinajstić information content (AvgIpc) is 2.99. The molecule has 0 aromatic carbocycles. The molecule has 0 aromatic heterocycles. The standard InChI is InChI=1S/C27H48O2/c1-18(2)7-6-8-19(3)22-9-10-23-21-12-16-27(29)17-20(28)11-15-26(27,5)24(21)13-14-25(22,23)4/h18-24,28-29H,6-17H2,1-5H3/t19-,20-,21+,22-,23+,24+,25+,26+,27+/m0/s1. The zero-order valence-corrected chi connectivity index (χ0v) is 19.9. The van der Waals surface area contributed by atoms with E-state index in [2.05, 4.69) is 34.6 Å². The molecule has 0 spiro atoms. The molecule has 0 unspecified atom stereocenters. The summed E-state index contributed by atoms with van der Waals surface area (Å²) in [5, 5.41) is 21.8. The molecule has 2 nitrogen and oxygen atoms in total. The Kier molecular flexibility index (Phi) is 5.95. The number of aliphatic hydroxyl groups is 2. The van der Waals surface area contributed by atoms with Crippen LogP contribution in [0.25, 0.3) is 0 Å². The Bertz CT molecular complexity index is 587. The van der Waals surface area contributed by atoms with E-state index >= 15 is 0 Å². The average molecular weight is 405 g/mol. The van der Waals surface area contributed by atoms with Crippen LogP contribution in [0.15, 0.2) is 0 Å². The van der Waals surface area contributed by atoms with Gasteiger partial charge in [0.25, 0.3) is 0 Å². The van der Waals surface area contributed by atoms with Gasteiger partial charge in [-0.05, 0) is 97.7 Å². The van der Waals surface area contributed by atoms with E-state index in [0.29, 0.717) is 17.8 Å². The highest BCUT2D eigenvalue weighted by atomic mass is 16.3. The molecule has 4 saturated carbocycles. The highest BCUT2D eigenvalue weighted by molar-refractivity contribution is 5.14. The van der Waals surface area contributed by atoms with Crippen molar-refractivity contribution in [3.63, 3.8) is 0 Å². The van der Waals surface area contributed by atoms with Crippen molar-refractivity contribution >= 4 is 0 Å². The van der Waals surface area contributed by atoms with E-state index in [1.54, 1.807) is 0 Å². The van der Waals surface area contributed by atoms with E-state index in [-0.39, 0.29) is 11.5 Å². The Balaban J connectivity index is 1.49. The summed E-state index contributed by atoms with van der Waals surface area (Å²) in [6.07, 6.45) is 14.1. The van der Waals surface area contributed by atoms with Crippen LogP contribution in [0.5, 0.6) is 0 Å². The van der Waals surface area contributed by atoms with Crippen LogP contribution in [0.2, 0.25) is 0 Å². The first-order valence-electron chi connectivity index (χ1n) is 13.0. The topological polar surface area (TPSA) is 40.5 Å². The number of fused-ring (bicyclic) bond motifs is 5. The third-order valence-electron chi connectivity index (χ3n) is 11.0. The van der Waals surface area contributed by atoms with Gasteiger partial charge in [0.1, 0.15) is 0 Å². The second kappa shape index (κ2) is 7.80. The number of hydrogen-bond donors (Lipinski definition) is 2. The zero-order valence-electron chi connectivity index (χ0n) is 19.9. The second-order valence-corrected chi connectivity index (χ2v) is 12.8. The second-order valence-electron chi connectivity index (χ2n) is 12.8. The molecule has 2 heteroatoms. The molecule has 168 valence electrons. The third kappa shape index (κ3) is 3.53. The lowest BCUT2D eigenvalue weighted by Gasteiger charge is -2.64. The number of rotatable bonds is 5. The monoisotopic (exact) mass is 404 g/mol. The van der Waals surface area contributed by atoms with Crippen molar-refractivity contribution < 1.29 is 10.2 Å². The molecule has 0 aliphatic heterocycles. The summed E-state index contributed by atoms with van der Waals surface area (Å²) in [6, 6.07) is 0. The summed E-state index contributed by atoms with van der Waals surface area (Å²) in [7, 11) is 0. The lowest BCUT2D eigenvalue weighted by Crippen LogP contribution is -2.62. The molecule has 9 atom stereocenters. The fourth-order valence-corrected chi connectivity index (χ4v) is 9.25. The fraction of sp³-hybridized carbons (Fsp3) is 1.00. The highest BCUT2D eigenvalue weighted by Crippen LogP contribution is 2.69. The Morgan fingerprint density at radius 2 is 1.62 bits per heavy atom. The maximum absolute atomic E-state index is 11.6. The normalized spacial score (nSPS) is 50.7. The van der Waals surface area contributed by atoms with Crippen LogP contribution < -0.4 is 0 Å². The molecule has 4 aliphatic carbocycles. The van der Waals surface area contributed by atoms with Crippen LogP contribution in [0.4, 0.5) is 0 Å². The van der Waals surface area contributed by atoms with Crippen LogP contribution in [0.3, 0.4) is 0 Å². The predicted octanol–water partition coefficient (Wildman–Crippen LogP) is 6.58. The smallest absolute Gasteiger partial charge is 0.0728 e. The molecule has 0 saturated heterocycles. The van der Waals surface area contributed by atoms with Gasteiger partial charge in [-0.3, -0.25) is 0 Å². The molecule has 4 fully saturated rings. The predicted molar refractivity (Wildman–Crippen MR) is 121 cm³/mol. The maximum Gasteiger partial charge on any atom is 0.0728 e. The van der Waals surface area contributed by atoms with Crippen molar-refractivity contribution in [3.05, 3.63) is 0 Å². The fourth-order valence-electron chi connectivity index (χ4n) is 9.25. The summed E-state index contributed by atoms with van der Waals surface area (Å²) in [4.78, 5) is 0. The minimum atomic E-state index is -0.623. The molecule has 0 bridgehead atoms. The van der Waals surface area contributed by atoms with E-state index in [1.807, 2.05) is 0 Å². The number of hydrogen-bond acceptors (Lipinski definition) is 2. The summed E-state index contributed by atoms with van der Waals surface area (Å²) in [5.41, 5.74) is -0.0719. The maximum atomic E-state index is 11.6. The minimum Gasteiger partial charge on any atom is -0.393 e. The summed E-state index contributed by atoms with van der Waals surface area (Å²) in [5.74, 6) is 4.94. The largest absolute Gasteiger partial charge is 0.393 e. The summed E-state index contributed by atoms with van der Waals surface area (Å²) < 4.78 is 0. The van der Waals surface area contributed by atoms with Crippen molar-refractivity contribution in [2.45, 2.75) is 123 Å². The van der Waals surface area contributed by atoms with Crippen LogP contribution in [0.1, 0.15) is 112 Å². The lowest BCUT2D eigenvalue weighted by molar-refractivity contribution is -0.220. The Morgan fingerprint density at radius 3 is 2.34 bits per heavy atom. The van der Waals surface area contributed by atoms with Crippen molar-refractivity contribution in [1.29, 1.82) is 0 Å². The van der Waals surface area contributed by atoms with Crippen molar-refractivity contribution in [2.75, 3.05) is 0 Å². The molecule has 0 amide bonds. The highest BCUT2D eigenvalue weighted by Gasteiger charge is 2.64. The molecular formula is C27H48O2. The first-order valence-corrected chi connectivity index (χ1v) is 13.0. The number of aliphatic hydroxyl groups excluding tert-OH is 1. The van der Waals surface area contributed by atoms with E-state index in [4.69, 9.17) is 0 Å². The van der Waals surface area contributed by atoms with E-state index in [1.165, 1.54) is 51.4 Å². The van der Waals surface area contributed by atoms with Gasteiger partial charge >= 0.3 is 0 Å². The SMILES string of the molecule is CC(C)CCC[C@H](C)[C@@H]1CC[C@@H]2[C@H]3CC[C@@]4(O)C[C@@H](O)CC[C@]4(C)[C@@H]3CC[C@@]21C. The van der Waals surface area contributed by atoms with Gasteiger partial charge in [-0.1, -0.05) is 53.9 Å². The Morgan fingerprint density at radius 1 is 0.862 bits per heavy atom. The minimum absolute atomic E-state index is 0.0252. The van der Waals surface area contributed by atoms with E-state index in [0.717, 1.165) is 48.9 Å². The van der Waals surface area contributed by atoms with Gasteiger partial charge in [0.15, 0.2) is 0 Å². The zero-order chi connectivity index (χ0) is 21.0. The molecular weight excluding hydrogens is 356 g/mol. The first kappa shape index (κ1) is 22.1. The van der Waals surface area contributed by atoms with Gasteiger partial charge in [0.05, 0.1) is 11.7 Å². The quantitative estimate of drug-likeness (QED) is 0.543. The molecule has 0 aromatic rings. The van der Waals surface area contributed by atoms with Gasteiger partial charge < -0.3 is 10.2 Å². The van der Waals surface area contributed by atoms with Gasteiger partial charge in [0, 0.05) is 6.42 Å². The van der Waals surface area contributed by atoms with Crippen molar-refractivity contribution in [2.24, 2.45) is 46.3 Å². The Labute approximate surface area is 180 Å². The van der Waals surface area contributed by atoms with Crippen LogP contribution in [0, 0.1) is 46.3 Å². The van der Waals surface area contributed by atoms with Gasteiger partial charge in [-0.25, -0.2) is 0 Å². The van der Waals surface area contributed by atoms with Crippen LogP contribution in [-0.2, 0) is 0 Å². The van der Waals surface area contributed by atoms with Crippen LogP contribution in [-0.4, -0.2) is 21.9 Å². The first-order chi connectivity index (χ1) is 13.6. The molecule has 4 aliphatic rings. The van der Waals surface area contributed by atoms with E-state index in [9.17, 15) is 10.2 Å². The van der Waals surface area contributed by atoms with E-state index < -0.39 is 5.60 Å².